The van der Waals surface area contributed by atoms with Gasteiger partial charge in [0.25, 0.3) is 0 Å². The first-order chi connectivity index (χ1) is 13.0. The topological polar surface area (TPSA) is 69.6 Å². The summed E-state index contributed by atoms with van der Waals surface area (Å²) in [4.78, 5) is 24.1. The van der Waals surface area contributed by atoms with Crippen molar-refractivity contribution >= 4 is 23.0 Å². The number of nitrogens with zero attached hydrogens (tertiary/aromatic N) is 1. The number of hydrogen-bond donors (Lipinski definition) is 1. The minimum absolute atomic E-state index is 0.0408. The number of para-hydroxylation sites is 1. The van der Waals surface area contributed by atoms with E-state index in [0.29, 0.717) is 19.1 Å². The molecule has 0 radical (unpaired) electrons. The van der Waals surface area contributed by atoms with Crippen LogP contribution in [0.15, 0.2) is 24.3 Å². The molecule has 0 saturated heterocycles. The number of fused-ring (bicyclic) bond motifs is 3. The van der Waals surface area contributed by atoms with E-state index in [9.17, 15) is 9.59 Å². The molecule has 0 bridgehead atoms. The fourth-order valence-electron chi connectivity index (χ4n) is 3.69. The monoisotopic (exact) mass is 372 g/mol. The Morgan fingerprint density at radius 2 is 2.04 bits per heavy atom. The summed E-state index contributed by atoms with van der Waals surface area (Å²) in [6, 6.07) is 8.14. The lowest BCUT2D eigenvalue weighted by Gasteiger charge is -2.25. The highest BCUT2D eigenvalue weighted by molar-refractivity contribution is 5.87. The van der Waals surface area contributed by atoms with Crippen molar-refractivity contribution in [2.75, 3.05) is 13.2 Å². The predicted molar refractivity (Wildman–Crippen MR) is 104 cm³/mol. The fourth-order valence-corrected chi connectivity index (χ4v) is 3.69. The summed E-state index contributed by atoms with van der Waals surface area (Å²) in [5.41, 5.74) is 3.41. The zero-order chi connectivity index (χ0) is 19.4. The number of carbonyl (C=O) groups excluding carboxylic acids is 2. The largest absolute Gasteiger partial charge is 0.465 e. The molecular weight excluding hydrogens is 344 g/mol. The minimum Gasteiger partial charge on any atom is -0.465 e. The highest BCUT2D eigenvalue weighted by Crippen LogP contribution is 2.32. The fraction of sp³-hybridized carbons (Fsp3) is 0.524. The molecule has 146 valence electrons. The molecule has 1 aromatic carbocycles. The number of ether oxygens (including phenoxy) is 2. The van der Waals surface area contributed by atoms with E-state index in [2.05, 4.69) is 16.0 Å². The van der Waals surface area contributed by atoms with Crippen LogP contribution in [0.25, 0.3) is 10.9 Å². The van der Waals surface area contributed by atoms with Gasteiger partial charge in [-0.15, -0.1) is 0 Å². The van der Waals surface area contributed by atoms with Gasteiger partial charge < -0.3 is 19.4 Å². The van der Waals surface area contributed by atoms with Crippen molar-refractivity contribution in [2.24, 2.45) is 5.92 Å². The van der Waals surface area contributed by atoms with Gasteiger partial charge in [-0.2, -0.15) is 0 Å². The highest BCUT2D eigenvalue weighted by atomic mass is 16.5. The predicted octanol–water partition coefficient (Wildman–Crippen LogP) is 3.44. The number of nitrogens with one attached hydrogen (secondary N) is 1. The summed E-state index contributed by atoms with van der Waals surface area (Å²) in [6.45, 7) is 6.86. The van der Waals surface area contributed by atoms with Crippen molar-refractivity contribution < 1.29 is 19.1 Å². The van der Waals surface area contributed by atoms with Gasteiger partial charge in [0.05, 0.1) is 13.2 Å². The van der Waals surface area contributed by atoms with Crippen LogP contribution in [0.2, 0.25) is 0 Å². The molecule has 0 unspecified atom stereocenters. The molecule has 3 rings (SSSR count). The zero-order valence-electron chi connectivity index (χ0n) is 16.3. The number of benzene rings is 1. The van der Waals surface area contributed by atoms with Crippen molar-refractivity contribution in [1.82, 2.24) is 9.88 Å². The average Bonchev–Trinajstić information content (AvgIpc) is 2.94. The van der Waals surface area contributed by atoms with Gasteiger partial charge in [-0.1, -0.05) is 32.0 Å². The van der Waals surface area contributed by atoms with Gasteiger partial charge in [-0.3, -0.25) is 4.79 Å². The molecule has 1 aliphatic carbocycles. The Hall–Kier alpha value is -2.50. The SMILES string of the molecule is CCOC(=O)Cn1c2c(c3ccccc31)C[C@H](NC(=O)OCC(C)C)CC2. The van der Waals surface area contributed by atoms with Crippen LogP contribution in [0.3, 0.4) is 0 Å². The van der Waals surface area contributed by atoms with E-state index in [4.69, 9.17) is 9.47 Å². The summed E-state index contributed by atoms with van der Waals surface area (Å²) in [7, 11) is 0. The van der Waals surface area contributed by atoms with Crippen LogP contribution in [0.1, 0.15) is 38.4 Å². The highest BCUT2D eigenvalue weighted by Gasteiger charge is 2.27. The maximum absolute atomic E-state index is 12.1. The lowest BCUT2D eigenvalue weighted by molar-refractivity contribution is -0.143. The van der Waals surface area contributed by atoms with Crippen molar-refractivity contribution in [3.8, 4) is 0 Å². The molecule has 0 saturated carbocycles. The third-order valence-electron chi connectivity index (χ3n) is 4.84. The van der Waals surface area contributed by atoms with Gasteiger partial charge in [0.1, 0.15) is 6.54 Å². The summed E-state index contributed by atoms with van der Waals surface area (Å²) < 4.78 is 12.5. The zero-order valence-corrected chi connectivity index (χ0v) is 16.3. The van der Waals surface area contributed by atoms with Crippen molar-refractivity contribution in [3.63, 3.8) is 0 Å². The number of carbonyl (C=O) groups is 2. The molecule has 0 aliphatic heterocycles. The van der Waals surface area contributed by atoms with Gasteiger partial charge in [0, 0.05) is 22.6 Å². The van der Waals surface area contributed by atoms with Gasteiger partial charge in [0.2, 0.25) is 0 Å². The first-order valence-corrected chi connectivity index (χ1v) is 9.67. The number of alkyl carbamates (subject to hydrolysis) is 1. The normalized spacial score (nSPS) is 16.2. The first-order valence-electron chi connectivity index (χ1n) is 9.67. The van der Waals surface area contributed by atoms with Crippen molar-refractivity contribution in [2.45, 2.75) is 52.6 Å². The maximum Gasteiger partial charge on any atom is 0.407 e. The number of rotatable bonds is 6. The smallest absolute Gasteiger partial charge is 0.407 e. The minimum atomic E-state index is -0.354. The second kappa shape index (κ2) is 8.46. The summed E-state index contributed by atoms with van der Waals surface area (Å²) in [6.07, 6.45) is 2.01. The van der Waals surface area contributed by atoms with Crippen LogP contribution in [0.5, 0.6) is 0 Å². The van der Waals surface area contributed by atoms with E-state index in [-0.39, 0.29) is 24.6 Å². The average molecular weight is 372 g/mol. The van der Waals surface area contributed by atoms with Crippen molar-refractivity contribution in [3.05, 3.63) is 35.5 Å². The van der Waals surface area contributed by atoms with E-state index in [1.165, 1.54) is 5.56 Å². The van der Waals surface area contributed by atoms with E-state index in [1.807, 2.05) is 39.0 Å². The van der Waals surface area contributed by atoms with Crippen LogP contribution >= 0.6 is 0 Å². The quantitative estimate of drug-likeness (QED) is 0.789. The summed E-state index contributed by atoms with van der Waals surface area (Å²) in [5.74, 6) is 0.0909. The van der Waals surface area contributed by atoms with E-state index in [0.717, 1.165) is 35.9 Å². The second-order valence-electron chi connectivity index (χ2n) is 7.41. The van der Waals surface area contributed by atoms with Crippen LogP contribution in [-0.4, -0.2) is 35.9 Å². The third kappa shape index (κ3) is 4.43. The van der Waals surface area contributed by atoms with Gasteiger partial charge in [0.15, 0.2) is 0 Å². The Morgan fingerprint density at radius 1 is 1.26 bits per heavy atom. The lowest BCUT2D eigenvalue weighted by atomic mass is 9.91. The van der Waals surface area contributed by atoms with Crippen LogP contribution in [-0.2, 0) is 33.7 Å². The van der Waals surface area contributed by atoms with Crippen molar-refractivity contribution in [1.29, 1.82) is 0 Å². The molecule has 2 aromatic rings. The molecule has 6 nitrogen and oxygen atoms in total. The standard InChI is InChI=1S/C21H28N2O4/c1-4-26-20(24)12-23-18-8-6-5-7-16(18)17-11-15(9-10-19(17)23)22-21(25)27-13-14(2)3/h5-8,14-15H,4,9-13H2,1-3H3,(H,22,25)/t15-/m1/s1. The molecule has 1 aliphatic rings. The Balaban J connectivity index is 1.80. The number of hydrogen-bond acceptors (Lipinski definition) is 4. The van der Waals surface area contributed by atoms with E-state index >= 15 is 0 Å². The maximum atomic E-state index is 12.1. The van der Waals surface area contributed by atoms with Crippen LogP contribution in [0.4, 0.5) is 4.79 Å². The van der Waals surface area contributed by atoms with E-state index in [1.54, 1.807) is 0 Å². The number of aromatic nitrogens is 1. The molecule has 0 fully saturated rings. The summed E-state index contributed by atoms with van der Waals surface area (Å²) >= 11 is 0. The van der Waals surface area contributed by atoms with Crippen LogP contribution in [0, 0.1) is 5.92 Å². The van der Waals surface area contributed by atoms with Crippen LogP contribution < -0.4 is 5.32 Å². The molecule has 1 aromatic heterocycles. The third-order valence-corrected chi connectivity index (χ3v) is 4.84. The van der Waals surface area contributed by atoms with Gasteiger partial charge in [-0.05, 0) is 43.7 Å². The molecule has 27 heavy (non-hydrogen) atoms. The molecule has 1 amide bonds. The summed E-state index contributed by atoms with van der Waals surface area (Å²) in [5, 5.41) is 4.13. The molecule has 1 N–H and O–H groups in total. The van der Waals surface area contributed by atoms with Gasteiger partial charge in [-0.25, -0.2) is 4.79 Å². The molecule has 1 heterocycles. The molecular formula is C21H28N2O4. The van der Waals surface area contributed by atoms with E-state index < -0.39 is 0 Å². The Labute approximate surface area is 159 Å². The Kier molecular flexibility index (Phi) is 6.04. The Bertz CT molecular complexity index is 825. The lowest BCUT2D eigenvalue weighted by Crippen LogP contribution is -2.39. The first kappa shape index (κ1) is 19.3. The number of amides is 1. The van der Waals surface area contributed by atoms with Gasteiger partial charge >= 0.3 is 12.1 Å². The number of esters is 1. The molecule has 6 heteroatoms. The molecule has 1 atom stereocenters. The molecule has 0 spiro atoms. The second-order valence-corrected chi connectivity index (χ2v) is 7.41. The Morgan fingerprint density at radius 3 is 2.78 bits per heavy atom.